The minimum Gasteiger partial charge on any atom is -0.493 e. The highest BCUT2D eigenvalue weighted by Crippen LogP contribution is 2.29. The maximum atomic E-state index is 7.49. The molecule has 0 amide bonds. The molecule has 6 N–H and O–H groups in total. The van der Waals surface area contributed by atoms with Crippen LogP contribution in [0.15, 0.2) is 36.4 Å². The molecule has 0 aliphatic rings. The molecule has 168 valence electrons. The molecular weight excluding hydrogens is 396 g/mol. The van der Waals surface area contributed by atoms with Crippen LogP contribution >= 0.6 is 0 Å². The van der Waals surface area contributed by atoms with Gasteiger partial charge in [-0.2, -0.15) is 0 Å². The Labute approximate surface area is 183 Å². The number of rotatable bonds is 14. The number of hydrogen-bond donors (Lipinski definition) is 4. The van der Waals surface area contributed by atoms with E-state index in [1.54, 1.807) is 50.6 Å². The number of ether oxygens (including phenoxy) is 4. The molecule has 0 saturated heterocycles. The van der Waals surface area contributed by atoms with E-state index in [-0.39, 0.29) is 11.7 Å². The summed E-state index contributed by atoms with van der Waals surface area (Å²) < 4.78 is 22.2. The third-order valence-corrected chi connectivity index (χ3v) is 4.75. The molecule has 0 bridgehead atoms. The summed E-state index contributed by atoms with van der Waals surface area (Å²) in [6, 6.07) is 10.5. The van der Waals surface area contributed by atoms with Crippen molar-refractivity contribution in [2.45, 2.75) is 32.1 Å². The third kappa shape index (κ3) is 7.40. The Morgan fingerprint density at radius 1 is 0.645 bits per heavy atom. The smallest absolute Gasteiger partial charge is 0.161 e. The lowest BCUT2D eigenvalue weighted by Gasteiger charge is -2.12. The number of amidine groups is 2. The zero-order valence-corrected chi connectivity index (χ0v) is 18.2. The summed E-state index contributed by atoms with van der Waals surface area (Å²) in [6.45, 7) is 1.21. The highest BCUT2D eigenvalue weighted by molar-refractivity contribution is 5.96. The molecule has 0 saturated carbocycles. The first kappa shape index (κ1) is 23.9. The van der Waals surface area contributed by atoms with Crippen molar-refractivity contribution in [1.29, 1.82) is 10.8 Å². The average Bonchev–Trinajstić information content (AvgIpc) is 2.77. The Morgan fingerprint density at radius 2 is 1.03 bits per heavy atom. The van der Waals surface area contributed by atoms with Crippen molar-refractivity contribution >= 4 is 11.7 Å². The maximum absolute atomic E-state index is 7.49. The van der Waals surface area contributed by atoms with Crippen LogP contribution in [0.5, 0.6) is 23.0 Å². The second-order valence-corrected chi connectivity index (χ2v) is 7.02. The number of nitrogen functional groups attached to an aromatic ring is 2. The number of hydrogen-bond acceptors (Lipinski definition) is 6. The van der Waals surface area contributed by atoms with Crippen molar-refractivity contribution in [3.8, 4) is 23.0 Å². The normalized spacial score (nSPS) is 10.4. The molecule has 8 heteroatoms. The van der Waals surface area contributed by atoms with Crippen molar-refractivity contribution in [2.75, 3.05) is 27.4 Å². The van der Waals surface area contributed by atoms with Gasteiger partial charge in [0.15, 0.2) is 23.0 Å². The van der Waals surface area contributed by atoms with Crippen LogP contribution in [0.3, 0.4) is 0 Å². The Balaban J connectivity index is 1.62. The highest BCUT2D eigenvalue weighted by Gasteiger charge is 2.08. The number of methoxy groups -OCH3 is 2. The van der Waals surface area contributed by atoms with Crippen molar-refractivity contribution < 1.29 is 18.9 Å². The van der Waals surface area contributed by atoms with Gasteiger partial charge in [0, 0.05) is 11.1 Å². The van der Waals surface area contributed by atoms with E-state index in [9.17, 15) is 0 Å². The van der Waals surface area contributed by atoms with E-state index in [2.05, 4.69) is 0 Å². The van der Waals surface area contributed by atoms with Gasteiger partial charge in [0.25, 0.3) is 0 Å². The maximum Gasteiger partial charge on any atom is 0.161 e. The summed E-state index contributed by atoms with van der Waals surface area (Å²) in [4.78, 5) is 0. The third-order valence-electron chi connectivity index (χ3n) is 4.75. The summed E-state index contributed by atoms with van der Waals surface area (Å²) in [7, 11) is 3.14. The molecule has 31 heavy (non-hydrogen) atoms. The van der Waals surface area contributed by atoms with Crippen LogP contribution in [0.4, 0.5) is 0 Å². The van der Waals surface area contributed by atoms with Gasteiger partial charge < -0.3 is 30.4 Å². The topological polar surface area (TPSA) is 137 Å². The average molecular weight is 429 g/mol. The first-order valence-electron chi connectivity index (χ1n) is 10.3. The van der Waals surface area contributed by atoms with E-state index < -0.39 is 0 Å². The number of unbranched alkanes of at least 4 members (excludes halogenated alkanes) is 4. The fourth-order valence-corrected chi connectivity index (χ4v) is 3.01. The van der Waals surface area contributed by atoms with Crippen LogP contribution in [-0.2, 0) is 0 Å². The molecule has 0 radical (unpaired) electrons. The van der Waals surface area contributed by atoms with Gasteiger partial charge in [-0.05, 0) is 49.2 Å². The molecule has 0 unspecified atom stereocenters. The molecule has 0 heterocycles. The molecular formula is C23H32N4O4. The van der Waals surface area contributed by atoms with Gasteiger partial charge in [0.05, 0.1) is 27.4 Å². The Bertz CT molecular complexity index is 814. The summed E-state index contributed by atoms with van der Waals surface area (Å²) >= 11 is 0. The van der Waals surface area contributed by atoms with Crippen LogP contribution in [0, 0.1) is 10.8 Å². The van der Waals surface area contributed by atoms with Crippen LogP contribution in [0.1, 0.15) is 43.2 Å². The summed E-state index contributed by atoms with van der Waals surface area (Å²) in [6.07, 6.45) is 5.10. The zero-order valence-electron chi connectivity index (χ0n) is 18.2. The summed E-state index contributed by atoms with van der Waals surface area (Å²) in [5, 5.41) is 15.0. The van der Waals surface area contributed by atoms with Gasteiger partial charge in [-0.25, -0.2) is 0 Å². The quantitative estimate of drug-likeness (QED) is 0.206. The number of nitrogens with one attached hydrogen (secondary N) is 2. The van der Waals surface area contributed by atoms with Crippen LogP contribution in [0.2, 0.25) is 0 Å². The monoisotopic (exact) mass is 428 g/mol. The van der Waals surface area contributed by atoms with Crippen LogP contribution in [-0.4, -0.2) is 39.1 Å². The first-order valence-corrected chi connectivity index (χ1v) is 10.3. The van der Waals surface area contributed by atoms with Gasteiger partial charge in [-0.15, -0.1) is 0 Å². The molecule has 0 fully saturated rings. The zero-order chi connectivity index (χ0) is 22.6. The van der Waals surface area contributed by atoms with E-state index in [0.29, 0.717) is 47.3 Å². The Hall–Kier alpha value is -3.42. The van der Waals surface area contributed by atoms with Gasteiger partial charge in [0.1, 0.15) is 11.7 Å². The van der Waals surface area contributed by atoms with Crippen LogP contribution < -0.4 is 30.4 Å². The van der Waals surface area contributed by atoms with E-state index in [0.717, 1.165) is 32.1 Å². The van der Waals surface area contributed by atoms with Crippen molar-refractivity contribution in [3.05, 3.63) is 47.5 Å². The lowest BCUT2D eigenvalue weighted by Crippen LogP contribution is -2.11. The second kappa shape index (κ2) is 12.3. The minimum absolute atomic E-state index is 0.000323. The summed E-state index contributed by atoms with van der Waals surface area (Å²) in [5.74, 6) is 2.48. The molecule has 8 nitrogen and oxygen atoms in total. The number of nitrogens with two attached hydrogens (primary N) is 2. The van der Waals surface area contributed by atoms with Crippen LogP contribution in [0.25, 0.3) is 0 Å². The van der Waals surface area contributed by atoms with Gasteiger partial charge in [0.2, 0.25) is 0 Å². The van der Waals surface area contributed by atoms with Crippen molar-refractivity contribution in [1.82, 2.24) is 0 Å². The van der Waals surface area contributed by atoms with E-state index >= 15 is 0 Å². The predicted octanol–water partition coefficient (Wildman–Crippen LogP) is 3.68. The number of benzene rings is 2. The van der Waals surface area contributed by atoms with Crippen molar-refractivity contribution in [2.24, 2.45) is 11.5 Å². The Morgan fingerprint density at radius 3 is 1.39 bits per heavy atom. The molecule has 0 aliphatic carbocycles. The lowest BCUT2D eigenvalue weighted by atomic mass is 10.1. The largest absolute Gasteiger partial charge is 0.493 e. The first-order chi connectivity index (χ1) is 15.0. The Kier molecular flexibility index (Phi) is 9.48. The van der Waals surface area contributed by atoms with Crippen molar-refractivity contribution in [3.63, 3.8) is 0 Å². The van der Waals surface area contributed by atoms with E-state index in [4.69, 9.17) is 41.2 Å². The molecule has 0 atom stereocenters. The van der Waals surface area contributed by atoms with Gasteiger partial charge in [-0.3, -0.25) is 10.8 Å². The SMILES string of the molecule is COc1cc(C(=N)N)ccc1OCCCCCCCOc1ccc(C(=N)N)cc1OC. The second-order valence-electron chi connectivity index (χ2n) is 7.02. The minimum atomic E-state index is 0.000323. The van der Waals surface area contributed by atoms with E-state index in [1.807, 2.05) is 0 Å². The fourth-order valence-electron chi connectivity index (χ4n) is 3.01. The van der Waals surface area contributed by atoms with Gasteiger partial charge >= 0.3 is 0 Å². The van der Waals surface area contributed by atoms with E-state index in [1.165, 1.54) is 0 Å². The molecule has 2 aromatic carbocycles. The summed E-state index contributed by atoms with van der Waals surface area (Å²) in [5.41, 5.74) is 12.2. The highest BCUT2D eigenvalue weighted by atomic mass is 16.5. The molecule has 0 spiro atoms. The fraction of sp³-hybridized carbons (Fsp3) is 0.391. The van der Waals surface area contributed by atoms with Gasteiger partial charge in [-0.1, -0.05) is 19.3 Å². The molecule has 0 aromatic heterocycles. The molecule has 0 aliphatic heterocycles. The predicted molar refractivity (Wildman–Crippen MR) is 122 cm³/mol. The lowest BCUT2D eigenvalue weighted by molar-refractivity contribution is 0.276. The standard InChI is InChI=1S/C23H32N4O4/c1-28-20-14-16(22(24)25)8-10-18(20)30-12-6-4-3-5-7-13-31-19-11-9-17(23(26)27)15-21(19)29-2/h8-11,14-15H,3-7,12-13H2,1-2H3,(H3,24,25)(H3,26,27). The molecule has 2 aromatic rings. The molecule has 2 rings (SSSR count).